The average molecular weight is 329 g/mol. The molecule has 0 saturated heterocycles. The lowest BCUT2D eigenvalue weighted by molar-refractivity contribution is -0.180. The fourth-order valence-corrected chi connectivity index (χ4v) is 2.30. The predicted molar refractivity (Wildman–Crippen MR) is 77.4 cm³/mol. The van der Waals surface area contributed by atoms with Crippen LogP contribution in [-0.2, 0) is 30.5 Å². The van der Waals surface area contributed by atoms with Crippen molar-refractivity contribution in [3.8, 4) is 0 Å². The number of esters is 1. The number of halogens is 1. The maximum absolute atomic E-state index is 13.2. The van der Waals surface area contributed by atoms with Crippen molar-refractivity contribution >= 4 is 29.4 Å². The molecule has 8 heteroatoms. The SMILES string of the molecule is COC(=O)C(=O)CC(=O)N(Cc1ccc(F)cc1SC)OC. The zero-order chi connectivity index (χ0) is 16.7. The highest BCUT2D eigenvalue weighted by Gasteiger charge is 2.23. The van der Waals surface area contributed by atoms with Gasteiger partial charge in [-0.15, -0.1) is 11.8 Å². The Morgan fingerprint density at radius 2 is 1.95 bits per heavy atom. The number of nitrogens with zero attached hydrogens (tertiary/aromatic N) is 1. The van der Waals surface area contributed by atoms with Crippen molar-refractivity contribution < 1.29 is 28.3 Å². The molecule has 1 amide bonds. The number of ketones is 1. The van der Waals surface area contributed by atoms with Gasteiger partial charge in [0, 0.05) is 4.90 Å². The number of hydrogen-bond acceptors (Lipinski definition) is 6. The predicted octanol–water partition coefficient (Wildman–Crippen LogP) is 1.57. The molecule has 0 fully saturated rings. The number of benzene rings is 1. The van der Waals surface area contributed by atoms with E-state index in [1.807, 2.05) is 0 Å². The van der Waals surface area contributed by atoms with Crippen LogP contribution < -0.4 is 0 Å². The number of hydrogen-bond donors (Lipinski definition) is 0. The number of rotatable bonds is 7. The van der Waals surface area contributed by atoms with Gasteiger partial charge in [-0.1, -0.05) is 6.07 Å². The van der Waals surface area contributed by atoms with E-state index in [0.717, 1.165) is 12.2 Å². The second-order valence-electron chi connectivity index (χ2n) is 4.16. The highest BCUT2D eigenvalue weighted by Crippen LogP contribution is 2.23. The molecule has 0 N–H and O–H groups in total. The third-order valence-corrected chi connectivity index (χ3v) is 3.61. The van der Waals surface area contributed by atoms with Crippen LogP contribution in [0.25, 0.3) is 0 Å². The molecule has 0 aliphatic heterocycles. The maximum Gasteiger partial charge on any atom is 0.374 e. The van der Waals surface area contributed by atoms with Gasteiger partial charge in [-0.25, -0.2) is 14.2 Å². The van der Waals surface area contributed by atoms with Gasteiger partial charge in [-0.3, -0.25) is 14.4 Å². The summed E-state index contributed by atoms with van der Waals surface area (Å²) in [5, 5.41) is 0.938. The molecule has 0 saturated carbocycles. The summed E-state index contributed by atoms with van der Waals surface area (Å²) < 4.78 is 17.4. The van der Waals surface area contributed by atoms with Gasteiger partial charge in [0.2, 0.25) is 5.78 Å². The van der Waals surface area contributed by atoms with Crippen LogP contribution in [0.15, 0.2) is 23.1 Å². The van der Waals surface area contributed by atoms with E-state index in [4.69, 9.17) is 4.84 Å². The van der Waals surface area contributed by atoms with Crippen LogP contribution in [0, 0.1) is 5.82 Å². The Bertz CT molecular complexity index is 578. The minimum absolute atomic E-state index is 0.0280. The minimum Gasteiger partial charge on any atom is -0.463 e. The highest BCUT2D eigenvalue weighted by atomic mass is 32.2. The number of hydroxylamine groups is 2. The number of carbonyl (C=O) groups excluding carboxylic acids is 3. The van der Waals surface area contributed by atoms with Crippen molar-refractivity contribution in [3.05, 3.63) is 29.6 Å². The average Bonchev–Trinajstić information content (AvgIpc) is 2.52. The Morgan fingerprint density at radius 1 is 1.27 bits per heavy atom. The highest BCUT2D eigenvalue weighted by molar-refractivity contribution is 7.98. The van der Waals surface area contributed by atoms with Crippen molar-refractivity contribution in [2.24, 2.45) is 0 Å². The third-order valence-electron chi connectivity index (χ3n) is 2.79. The van der Waals surface area contributed by atoms with E-state index in [0.29, 0.717) is 10.5 Å². The molecular weight excluding hydrogens is 313 g/mol. The van der Waals surface area contributed by atoms with Gasteiger partial charge in [-0.05, 0) is 24.0 Å². The first kappa shape index (κ1) is 18.1. The van der Waals surface area contributed by atoms with Crippen LogP contribution in [0.1, 0.15) is 12.0 Å². The number of amides is 1. The fourth-order valence-electron chi connectivity index (χ4n) is 1.67. The molecular formula is C14H16FNO5S. The van der Waals surface area contributed by atoms with Crippen LogP contribution in [0.3, 0.4) is 0 Å². The van der Waals surface area contributed by atoms with Crippen molar-refractivity contribution in [3.63, 3.8) is 0 Å². The third kappa shape index (κ3) is 4.81. The van der Waals surface area contributed by atoms with Crippen LogP contribution >= 0.6 is 11.8 Å². The maximum atomic E-state index is 13.2. The number of Topliss-reactive ketones (excluding diaryl/α,β-unsaturated/α-hetero) is 1. The van der Waals surface area contributed by atoms with Crippen LogP contribution in [0.4, 0.5) is 4.39 Å². The van der Waals surface area contributed by atoms with Gasteiger partial charge in [0.05, 0.1) is 27.2 Å². The molecule has 1 aromatic rings. The molecule has 0 heterocycles. The first-order valence-corrected chi connectivity index (χ1v) is 7.43. The molecule has 1 aromatic carbocycles. The second kappa shape index (κ2) is 8.50. The summed E-state index contributed by atoms with van der Waals surface area (Å²) in [6.45, 7) is 0.0280. The van der Waals surface area contributed by atoms with E-state index in [9.17, 15) is 18.8 Å². The normalized spacial score (nSPS) is 10.2. The topological polar surface area (TPSA) is 72.9 Å². The van der Waals surface area contributed by atoms with Crippen molar-refractivity contribution in [2.75, 3.05) is 20.5 Å². The number of thioether (sulfide) groups is 1. The first-order chi connectivity index (χ1) is 10.4. The largest absolute Gasteiger partial charge is 0.463 e. The summed E-state index contributed by atoms with van der Waals surface area (Å²) in [5.41, 5.74) is 0.662. The summed E-state index contributed by atoms with van der Waals surface area (Å²) in [6.07, 6.45) is 1.12. The number of ether oxygens (including phenoxy) is 1. The van der Waals surface area contributed by atoms with Gasteiger partial charge in [-0.2, -0.15) is 0 Å². The van der Waals surface area contributed by atoms with Crippen molar-refractivity contribution in [2.45, 2.75) is 17.9 Å². The Morgan fingerprint density at radius 3 is 2.50 bits per heavy atom. The Hall–Kier alpha value is -1.93. The van der Waals surface area contributed by atoms with E-state index < -0.39 is 24.1 Å². The molecule has 1 rings (SSSR count). The smallest absolute Gasteiger partial charge is 0.374 e. The van der Waals surface area contributed by atoms with Gasteiger partial charge >= 0.3 is 5.97 Å². The van der Waals surface area contributed by atoms with Crippen LogP contribution in [0.5, 0.6) is 0 Å². The Kier molecular flexibility index (Phi) is 7.00. The minimum atomic E-state index is -1.09. The Balaban J connectivity index is 2.82. The van der Waals surface area contributed by atoms with Crippen LogP contribution in [0.2, 0.25) is 0 Å². The van der Waals surface area contributed by atoms with Crippen molar-refractivity contribution in [1.82, 2.24) is 5.06 Å². The van der Waals surface area contributed by atoms with E-state index >= 15 is 0 Å². The van der Waals surface area contributed by atoms with E-state index in [-0.39, 0.29) is 12.4 Å². The fraction of sp³-hybridized carbons (Fsp3) is 0.357. The summed E-state index contributed by atoms with van der Waals surface area (Å²) in [7, 11) is 2.32. The molecule has 0 radical (unpaired) electrons. The molecule has 6 nitrogen and oxygen atoms in total. The summed E-state index contributed by atoms with van der Waals surface area (Å²) in [6, 6.07) is 4.15. The summed E-state index contributed by atoms with van der Waals surface area (Å²) in [5.74, 6) is -3.12. The zero-order valence-corrected chi connectivity index (χ0v) is 13.2. The van der Waals surface area contributed by atoms with Gasteiger partial charge in [0.15, 0.2) is 0 Å². The van der Waals surface area contributed by atoms with Gasteiger partial charge in [0.1, 0.15) is 5.82 Å². The lowest BCUT2D eigenvalue weighted by Crippen LogP contribution is -2.33. The zero-order valence-electron chi connectivity index (χ0n) is 12.4. The number of carbonyl (C=O) groups is 3. The standard InChI is InChI=1S/C14H16FNO5S/c1-20-14(19)11(17)7-13(18)16(21-2)8-9-4-5-10(15)6-12(9)22-3/h4-6H,7-8H2,1-3H3. The Labute approximate surface area is 131 Å². The quantitative estimate of drug-likeness (QED) is 0.249. The van der Waals surface area contributed by atoms with E-state index in [1.165, 1.54) is 37.1 Å². The number of methoxy groups -OCH3 is 1. The molecule has 0 aromatic heterocycles. The molecule has 0 aliphatic carbocycles. The van der Waals surface area contributed by atoms with Gasteiger partial charge < -0.3 is 4.74 Å². The molecule has 22 heavy (non-hydrogen) atoms. The monoisotopic (exact) mass is 329 g/mol. The molecule has 0 bridgehead atoms. The lowest BCUT2D eigenvalue weighted by atomic mass is 10.2. The molecule has 0 aliphatic rings. The molecule has 120 valence electrons. The van der Waals surface area contributed by atoms with Gasteiger partial charge in [0.25, 0.3) is 5.91 Å². The summed E-state index contributed by atoms with van der Waals surface area (Å²) in [4.78, 5) is 40.0. The molecule has 0 unspecified atom stereocenters. The molecule has 0 atom stereocenters. The van der Waals surface area contributed by atoms with E-state index in [1.54, 1.807) is 6.26 Å². The first-order valence-electron chi connectivity index (χ1n) is 6.21. The lowest BCUT2D eigenvalue weighted by Gasteiger charge is -2.20. The second-order valence-corrected chi connectivity index (χ2v) is 5.01. The van der Waals surface area contributed by atoms with Crippen molar-refractivity contribution in [1.29, 1.82) is 0 Å². The molecule has 0 spiro atoms. The van der Waals surface area contributed by atoms with Crippen LogP contribution in [-0.4, -0.2) is 43.2 Å². The summed E-state index contributed by atoms with van der Waals surface area (Å²) >= 11 is 1.32. The van der Waals surface area contributed by atoms with E-state index in [2.05, 4.69) is 4.74 Å².